The lowest BCUT2D eigenvalue weighted by molar-refractivity contribution is -0.122. The van der Waals surface area contributed by atoms with Gasteiger partial charge < -0.3 is 39.2 Å². The van der Waals surface area contributed by atoms with E-state index >= 15 is 0 Å². The number of phenolic OH excluding ortho intramolecular Hbond substituents is 2. The standard InChI is InChI=1S/C38H52N2O10/c1-24-11-10-14-27(41)13-9-7-8-12-25-19-29(42)34(35(44)33(25)37(45)50-24)28(26-20-30(46-4)36(48-6)31(21-26)47-5)22-32(43)39-23-38(2,3)40-15-17-49-18-16-40/h8,12,19-21,24,28,42,44H,7,9-11,13-18,22-23H2,1-6H3,(H,39,43)/b12-8+/t24-,28?/m0/s1. The predicted octanol–water partition coefficient (Wildman–Crippen LogP) is 5.35. The molecule has 12 heteroatoms. The smallest absolute Gasteiger partial charge is 0.342 e. The predicted molar refractivity (Wildman–Crippen MR) is 188 cm³/mol. The molecule has 4 rings (SSSR count). The van der Waals surface area contributed by atoms with Gasteiger partial charge in [-0.2, -0.15) is 0 Å². The first-order chi connectivity index (χ1) is 23.9. The Kier molecular flexibility index (Phi) is 13.5. The van der Waals surface area contributed by atoms with Crippen molar-refractivity contribution >= 4 is 23.7 Å². The third kappa shape index (κ3) is 9.48. The minimum absolute atomic E-state index is 0.0228. The average Bonchev–Trinajstić information content (AvgIpc) is 3.09. The maximum atomic E-state index is 13.8. The molecule has 1 amide bonds. The number of nitrogens with one attached hydrogen (secondary N) is 1. The molecule has 2 aromatic rings. The molecule has 1 fully saturated rings. The van der Waals surface area contributed by atoms with Crippen molar-refractivity contribution in [3.63, 3.8) is 0 Å². The van der Waals surface area contributed by atoms with Gasteiger partial charge in [0.1, 0.15) is 22.8 Å². The van der Waals surface area contributed by atoms with Crippen LogP contribution in [0.4, 0.5) is 0 Å². The van der Waals surface area contributed by atoms with Gasteiger partial charge in [-0.3, -0.25) is 14.5 Å². The number of allylic oxidation sites excluding steroid dienone is 1. The van der Waals surface area contributed by atoms with Crippen molar-refractivity contribution in [3.8, 4) is 28.7 Å². The molecule has 0 spiro atoms. The lowest BCUT2D eigenvalue weighted by Crippen LogP contribution is -2.55. The quantitative estimate of drug-likeness (QED) is 0.276. The molecule has 3 N–H and O–H groups in total. The molecule has 2 heterocycles. The Labute approximate surface area is 294 Å². The summed E-state index contributed by atoms with van der Waals surface area (Å²) < 4.78 is 28.0. The number of amides is 1. The fourth-order valence-corrected chi connectivity index (χ4v) is 6.56. The number of esters is 1. The Hall–Kier alpha value is -4.29. The van der Waals surface area contributed by atoms with Gasteiger partial charge >= 0.3 is 5.97 Å². The van der Waals surface area contributed by atoms with Gasteiger partial charge in [-0.25, -0.2) is 4.79 Å². The first kappa shape index (κ1) is 38.5. The molecule has 0 aromatic heterocycles. The van der Waals surface area contributed by atoms with Crippen LogP contribution in [-0.4, -0.2) is 98.6 Å². The lowest BCUT2D eigenvalue weighted by atomic mass is 9.84. The summed E-state index contributed by atoms with van der Waals surface area (Å²) in [6.45, 7) is 8.92. The minimum Gasteiger partial charge on any atom is -0.507 e. The normalized spacial score (nSPS) is 19.4. The third-order valence-corrected chi connectivity index (χ3v) is 9.46. The van der Waals surface area contributed by atoms with Gasteiger partial charge in [-0.15, -0.1) is 0 Å². The molecule has 2 aliphatic heterocycles. The van der Waals surface area contributed by atoms with Crippen LogP contribution in [0.3, 0.4) is 0 Å². The number of fused-ring (bicyclic) bond motifs is 1. The van der Waals surface area contributed by atoms with E-state index in [1.54, 1.807) is 31.2 Å². The van der Waals surface area contributed by atoms with E-state index in [4.69, 9.17) is 23.7 Å². The number of benzene rings is 2. The van der Waals surface area contributed by atoms with Crippen molar-refractivity contribution in [2.24, 2.45) is 0 Å². The second-order valence-corrected chi connectivity index (χ2v) is 13.5. The SMILES string of the molecule is COc1cc(C(CC(=O)NCC(C)(C)N2CCOCC2)c2c(O)cc3c(c2O)C(=O)O[C@@H](C)CCCC(=O)CCC/C=C/3)cc(OC)c1OC. The summed E-state index contributed by atoms with van der Waals surface area (Å²) in [5.74, 6) is -1.77. The highest BCUT2D eigenvalue weighted by atomic mass is 16.5. The van der Waals surface area contributed by atoms with Crippen molar-refractivity contribution in [3.05, 3.63) is 46.5 Å². The van der Waals surface area contributed by atoms with Gasteiger partial charge in [-0.1, -0.05) is 12.2 Å². The summed E-state index contributed by atoms with van der Waals surface area (Å²) in [7, 11) is 4.41. The van der Waals surface area contributed by atoms with E-state index in [1.165, 1.54) is 27.4 Å². The highest BCUT2D eigenvalue weighted by molar-refractivity contribution is 5.98. The van der Waals surface area contributed by atoms with Crippen molar-refractivity contribution in [2.45, 2.75) is 83.3 Å². The molecule has 274 valence electrons. The molecule has 2 aliphatic rings. The van der Waals surface area contributed by atoms with Crippen molar-refractivity contribution in [1.29, 1.82) is 0 Å². The summed E-state index contributed by atoms with van der Waals surface area (Å²) in [5.41, 5.74) is 0.215. The van der Waals surface area contributed by atoms with Gasteiger partial charge in [0.15, 0.2) is 11.5 Å². The minimum atomic E-state index is -0.964. The van der Waals surface area contributed by atoms with Crippen molar-refractivity contribution < 1.29 is 48.3 Å². The van der Waals surface area contributed by atoms with Crippen molar-refractivity contribution in [2.75, 3.05) is 54.2 Å². The van der Waals surface area contributed by atoms with Crippen molar-refractivity contribution in [1.82, 2.24) is 10.2 Å². The number of carbonyl (C=O) groups is 3. The van der Waals surface area contributed by atoms with Crippen LogP contribution < -0.4 is 19.5 Å². The fourth-order valence-electron chi connectivity index (χ4n) is 6.56. The molecule has 0 aliphatic carbocycles. The van der Waals surface area contributed by atoms with Crippen LogP contribution >= 0.6 is 0 Å². The molecule has 0 radical (unpaired) electrons. The van der Waals surface area contributed by atoms with E-state index < -0.39 is 23.7 Å². The lowest BCUT2D eigenvalue weighted by Gasteiger charge is -2.41. The third-order valence-electron chi connectivity index (χ3n) is 9.46. The molecule has 50 heavy (non-hydrogen) atoms. The summed E-state index contributed by atoms with van der Waals surface area (Å²) >= 11 is 0. The molecule has 1 unspecified atom stereocenters. The highest BCUT2D eigenvalue weighted by Gasteiger charge is 2.33. The molecule has 0 saturated carbocycles. The average molecular weight is 697 g/mol. The highest BCUT2D eigenvalue weighted by Crippen LogP contribution is 2.47. The number of phenols is 2. The molecule has 0 bridgehead atoms. The number of morpholine rings is 1. The van der Waals surface area contributed by atoms with E-state index in [2.05, 4.69) is 24.1 Å². The Morgan fingerprint density at radius 1 is 1.02 bits per heavy atom. The summed E-state index contributed by atoms with van der Waals surface area (Å²) in [4.78, 5) is 42.0. The summed E-state index contributed by atoms with van der Waals surface area (Å²) in [6, 6.07) is 4.71. The number of ketones is 1. The molecule has 12 nitrogen and oxygen atoms in total. The number of hydrogen-bond acceptors (Lipinski definition) is 11. The number of rotatable bonds is 10. The Balaban J connectivity index is 1.80. The summed E-state index contributed by atoms with van der Waals surface area (Å²) in [5, 5.41) is 26.6. The number of hydrogen-bond donors (Lipinski definition) is 3. The number of nitrogens with zero attached hydrogens (tertiary/aromatic N) is 1. The first-order valence-corrected chi connectivity index (χ1v) is 17.3. The zero-order chi connectivity index (χ0) is 36.4. The second kappa shape index (κ2) is 17.6. The van der Waals surface area contributed by atoms with Crippen LogP contribution in [0.15, 0.2) is 24.3 Å². The maximum absolute atomic E-state index is 13.8. The molecule has 1 saturated heterocycles. The first-order valence-electron chi connectivity index (χ1n) is 17.3. The zero-order valence-corrected chi connectivity index (χ0v) is 30.1. The largest absolute Gasteiger partial charge is 0.507 e. The van der Waals surface area contributed by atoms with E-state index in [9.17, 15) is 24.6 Å². The second-order valence-electron chi connectivity index (χ2n) is 13.5. The number of carbonyl (C=O) groups excluding carboxylic acids is 3. The van der Waals surface area contributed by atoms with Crippen LogP contribution in [0.25, 0.3) is 6.08 Å². The van der Waals surface area contributed by atoms with Crippen LogP contribution in [0, 0.1) is 0 Å². The molecule has 2 atom stereocenters. The van der Waals surface area contributed by atoms with Crippen LogP contribution in [0.5, 0.6) is 28.7 Å². The molecular weight excluding hydrogens is 644 g/mol. The molecular formula is C38H52N2O10. The topological polar surface area (TPSA) is 153 Å². The Bertz CT molecular complexity index is 1520. The van der Waals surface area contributed by atoms with E-state index in [1.807, 2.05) is 0 Å². The fraction of sp³-hybridized carbons (Fsp3) is 0.553. The number of aromatic hydroxyl groups is 2. The van der Waals surface area contributed by atoms with Gasteiger partial charge in [-0.05, 0) is 75.8 Å². The van der Waals surface area contributed by atoms with Gasteiger partial charge in [0.2, 0.25) is 11.7 Å². The number of Topliss-reactive ketones (excluding diaryl/α,β-unsaturated/α-hetero) is 1. The van der Waals surface area contributed by atoms with Gasteiger partial charge in [0, 0.05) is 55.9 Å². The Morgan fingerprint density at radius 2 is 1.68 bits per heavy atom. The number of ether oxygens (including phenoxy) is 5. The monoisotopic (exact) mass is 696 g/mol. The van der Waals surface area contributed by atoms with Gasteiger partial charge in [0.05, 0.1) is 40.6 Å². The van der Waals surface area contributed by atoms with Crippen LogP contribution in [0.1, 0.15) is 98.7 Å². The maximum Gasteiger partial charge on any atom is 0.342 e. The number of methoxy groups -OCH3 is 3. The van der Waals surface area contributed by atoms with E-state index in [-0.39, 0.29) is 46.1 Å². The van der Waals surface area contributed by atoms with E-state index in [0.29, 0.717) is 81.1 Å². The summed E-state index contributed by atoms with van der Waals surface area (Å²) in [6.07, 6.45) is 5.81. The van der Waals surface area contributed by atoms with E-state index in [0.717, 1.165) is 13.1 Å². The Morgan fingerprint density at radius 3 is 2.32 bits per heavy atom. The van der Waals surface area contributed by atoms with Gasteiger partial charge in [0.25, 0.3) is 0 Å². The van der Waals surface area contributed by atoms with Crippen LogP contribution in [0.2, 0.25) is 0 Å². The zero-order valence-electron chi connectivity index (χ0n) is 30.1. The van der Waals surface area contributed by atoms with Crippen LogP contribution in [-0.2, 0) is 19.1 Å². The molecule has 2 aromatic carbocycles. The number of cyclic esters (lactones) is 1.